The fourth-order valence-electron chi connectivity index (χ4n) is 2.55. The third kappa shape index (κ3) is 5.24. The van der Waals surface area contributed by atoms with Gasteiger partial charge in [0.1, 0.15) is 11.4 Å². The second kappa shape index (κ2) is 8.34. The Bertz CT molecular complexity index is 516. The number of carbonyl (C=O) groups excluding carboxylic acids is 1. The zero-order valence-electron chi connectivity index (χ0n) is 15.6. The average molecular weight is 321 g/mol. The minimum absolute atomic E-state index is 0.114. The van der Waals surface area contributed by atoms with Crippen LogP contribution in [0, 0.1) is 19.8 Å². The molecule has 23 heavy (non-hydrogen) atoms. The number of carbonyl (C=O) groups is 1. The Morgan fingerprint density at radius 2 is 1.83 bits per heavy atom. The van der Waals surface area contributed by atoms with Gasteiger partial charge in [-0.05, 0) is 56.4 Å². The topological polar surface area (TPSA) is 47.6 Å². The summed E-state index contributed by atoms with van der Waals surface area (Å²) in [6.45, 7) is 12.8. The molecule has 1 rings (SSSR count). The van der Waals surface area contributed by atoms with Crippen LogP contribution in [0.15, 0.2) is 12.1 Å². The molecule has 1 amide bonds. The molecule has 4 nitrogen and oxygen atoms in total. The Morgan fingerprint density at radius 3 is 2.26 bits per heavy atom. The van der Waals surface area contributed by atoms with Gasteiger partial charge in [0.15, 0.2) is 0 Å². The van der Waals surface area contributed by atoms with Gasteiger partial charge in [0.25, 0.3) is 5.91 Å². The van der Waals surface area contributed by atoms with Gasteiger partial charge in [-0.1, -0.05) is 27.2 Å². The van der Waals surface area contributed by atoms with Crippen molar-refractivity contribution < 1.29 is 14.3 Å². The molecule has 1 unspecified atom stereocenters. The van der Waals surface area contributed by atoms with Crippen LogP contribution < -0.4 is 10.1 Å². The number of hydrogen-bond donors (Lipinski definition) is 1. The summed E-state index contributed by atoms with van der Waals surface area (Å²) in [7, 11) is 1.58. The molecule has 0 aliphatic heterocycles. The Kier molecular flexibility index (Phi) is 7.07. The van der Waals surface area contributed by atoms with E-state index in [0.717, 1.165) is 29.0 Å². The van der Waals surface area contributed by atoms with Crippen LogP contribution in [0.2, 0.25) is 0 Å². The number of ether oxygens (including phenoxy) is 2. The molecule has 0 saturated carbocycles. The lowest BCUT2D eigenvalue weighted by molar-refractivity contribution is -0.136. The molecule has 4 heteroatoms. The summed E-state index contributed by atoms with van der Waals surface area (Å²) in [5, 5.41) is 2.97. The number of nitrogens with one attached hydrogen (secondary N) is 1. The van der Waals surface area contributed by atoms with E-state index in [1.165, 1.54) is 0 Å². The molecule has 130 valence electrons. The molecular formula is C19H31NO3. The Morgan fingerprint density at radius 1 is 1.26 bits per heavy atom. The first-order valence-electron chi connectivity index (χ1n) is 8.34. The predicted molar refractivity (Wildman–Crippen MR) is 95.2 cm³/mol. The highest BCUT2D eigenvalue weighted by atomic mass is 16.5. The summed E-state index contributed by atoms with van der Waals surface area (Å²) < 4.78 is 11.3. The maximum Gasteiger partial charge on any atom is 0.256 e. The van der Waals surface area contributed by atoms with E-state index in [1.54, 1.807) is 7.11 Å². The van der Waals surface area contributed by atoms with Crippen LogP contribution in [0.1, 0.15) is 51.7 Å². The van der Waals surface area contributed by atoms with E-state index in [0.29, 0.717) is 18.9 Å². The van der Waals surface area contributed by atoms with E-state index >= 15 is 0 Å². The highest BCUT2D eigenvalue weighted by Crippen LogP contribution is 2.28. The number of hydrogen-bond acceptors (Lipinski definition) is 3. The van der Waals surface area contributed by atoms with Crippen molar-refractivity contribution in [2.24, 2.45) is 5.92 Å². The molecule has 0 bridgehead atoms. The zero-order valence-corrected chi connectivity index (χ0v) is 15.6. The van der Waals surface area contributed by atoms with Gasteiger partial charge in [0.2, 0.25) is 0 Å². The average Bonchev–Trinajstić information content (AvgIpc) is 2.46. The molecule has 0 spiro atoms. The van der Waals surface area contributed by atoms with Crippen LogP contribution in [-0.4, -0.2) is 25.2 Å². The van der Waals surface area contributed by atoms with Gasteiger partial charge in [0, 0.05) is 12.8 Å². The fourth-order valence-corrected chi connectivity index (χ4v) is 2.55. The number of anilines is 1. The monoisotopic (exact) mass is 321 g/mol. The van der Waals surface area contributed by atoms with Crippen molar-refractivity contribution in [3.8, 4) is 5.75 Å². The first-order valence-corrected chi connectivity index (χ1v) is 8.34. The summed E-state index contributed by atoms with van der Waals surface area (Å²) in [5.41, 5.74) is 2.02. The van der Waals surface area contributed by atoms with Crippen molar-refractivity contribution in [1.29, 1.82) is 0 Å². The molecule has 1 N–H and O–H groups in total. The van der Waals surface area contributed by atoms with E-state index < -0.39 is 5.60 Å². The van der Waals surface area contributed by atoms with Gasteiger partial charge in [-0.15, -0.1) is 0 Å². The summed E-state index contributed by atoms with van der Waals surface area (Å²) in [5.74, 6) is 1.26. The summed E-state index contributed by atoms with van der Waals surface area (Å²) in [4.78, 5) is 12.5. The third-order valence-electron chi connectivity index (χ3n) is 3.94. The molecule has 0 aromatic heterocycles. The molecule has 0 saturated heterocycles. The Balaban J connectivity index is 2.92. The van der Waals surface area contributed by atoms with Crippen molar-refractivity contribution in [2.45, 2.75) is 60.0 Å². The largest absolute Gasteiger partial charge is 0.493 e. The summed E-state index contributed by atoms with van der Waals surface area (Å²) >= 11 is 0. The zero-order chi connectivity index (χ0) is 17.6. The molecule has 0 radical (unpaired) electrons. The smallest absolute Gasteiger partial charge is 0.256 e. The number of methoxy groups -OCH3 is 1. The molecular weight excluding hydrogens is 290 g/mol. The fraction of sp³-hybridized carbons (Fsp3) is 0.632. The van der Waals surface area contributed by atoms with Crippen molar-refractivity contribution >= 4 is 11.6 Å². The summed E-state index contributed by atoms with van der Waals surface area (Å²) in [6, 6.07) is 3.89. The third-order valence-corrected chi connectivity index (χ3v) is 3.94. The number of amides is 1. The SMILES string of the molecule is CCCC(C)(OC)C(=O)Nc1cc(C)c(OCC(C)C)c(C)c1. The van der Waals surface area contributed by atoms with Crippen LogP contribution in [0.25, 0.3) is 0 Å². The van der Waals surface area contributed by atoms with Crippen molar-refractivity contribution in [1.82, 2.24) is 0 Å². The molecule has 0 aliphatic rings. The normalized spacial score (nSPS) is 13.7. The van der Waals surface area contributed by atoms with E-state index in [2.05, 4.69) is 19.2 Å². The molecule has 1 aromatic carbocycles. The van der Waals surface area contributed by atoms with Gasteiger partial charge < -0.3 is 14.8 Å². The maximum absolute atomic E-state index is 12.5. The van der Waals surface area contributed by atoms with E-state index in [9.17, 15) is 4.79 Å². The van der Waals surface area contributed by atoms with Gasteiger partial charge in [-0.25, -0.2) is 0 Å². The quantitative estimate of drug-likeness (QED) is 0.768. The highest BCUT2D eigenvalue weighted by Gasteiger charge is 2.32. The molecule has 0 aliphatic carbocycles. The standard InChI is InChI=1S/C19H31NO3/c1-8-9-19(6,22-7)18(21)20-16-10-14(4)17(15(5)11-16)23-12-13(2)3/h10-11,13H,8-9,12H2,1-7H3,(H,20,21). The molecule has 1 aromatic rings. The summed E-state index contributed by atoms with van der Waals surface area (Å²) in [6.07, 6.45) is 1.57. The first-order chi connectivity index (χ1) is 10.7. The Hall–Kier alpha value is -1.55. The van der Waals surface area contributed by atoms with E-state index in [-0.39, 0.29) is 5.91 Å². The van der Waals surface area contributed by atoms with Crippen molar-refractivity contribution in [3.05, 3.63) is 23.3 Å². The highest BCUT2D eigenvalue weighted by molar-refractivity contribution is 5.97. The van der Waals surface area contributed by atoms with Crippen molar-refractivity contribution in [2.75, 3.05) is 19.0 Å². The van der Waals surface area contributed by atoms with Gasteiger partial charge in [0.05, 0.1) is 6.61 Å². The molecule has 1 atom stereocenters. The maximum atomic E-state index is 12.5. The van der Waals surface area contributed by atoms with Crippen LogP contribution >= 0.6 is 0 Å². The minimum atomic E-state index is -0.802. The second-order valence-electron chi connectivity index (χ2n) is 6.78. The molecule has 0 heterocycles. The second-order valence-corrected chi connectivity index (χ2v) is 6.78. The number of aryl methyl sites for hydroxylation is 2. The van der Waals surface area contributed by atoms with Crippen LogP contribution in [-0.2, 0) is 9.53 Å². The van der Waals surface area contributed by atoms with Gasteiger partial charge >= 0.3 is 0 Å². The number of benzene rings is 1. The van der Waals surface area contributed by atoms with E-state index in [1.807, 2.05) is 39.8 Å². The van der Waals surface area contributed by atoms with Crippen molar-refractivity contribution in [3.63, 3.8) is 0 Å². The Labute approximate surface area is 140 Å². The molecule has 0 fully saturated rings. The predicted octanol–water partition coefficient (Wildman–Crippen LogP) is 4.48. The lowest BCUT2D eigenvalue weighted by atomic mass is 9.99. The lowest BCUT2D eigenvalue weighted by Crippen LogP contribution is -2.41. The lowest BCUT2D eigenvalue weighted by Gasteiger charge is -2.26. The van der Waals surface area contributed by atoms with Gasteiger partial charge in [-0.2, -0.15) is 0 Å². The van der Waals surface area contributed by atoms with Crippen LogP contribution in [0.5, 0.6) is 5.75 Å². The van der Waals surface area contributed by atoms with Crippen LogP contribution in [0.4, 0.5) is 5.69 Å². The minimum Gasteiger partial charge on any atom is -0.493 e. The first kappa shape index (κ1) is 19.5. The van der Waals surface area contributed by atoms with Gasteiger partial charge in [-0.3, -0.25) is 4.79 Å². The number of rotatable bonds is 8. The van der Waals surface area contributed by atoms with Crippen LogP contribution in [0.3, 0.4) is 0 Å². The van der Waals surface area contributed by atoms with E-state index in [4.69, 9.17) is 9.47 Å².